The lowest BCUT2D eigenvalue weighted by atomic mass is 9.95. The summed E-state index contributed by atoms with van der Waals surface area (Å²) in [5.41, 5.74) is -1.17. The zero-order chi connectivity index (χ0) is 15.5. The Kier molecular flexibility index (Phi) is 5.00. The molecule has 6 heteroatoms. The van der Waals surface area contributed by atoms with E-state index in [1.165, 1.54) is 12.1 Å². The third-order valence-electron chi connectivity index (χ3n) is 3.67. The third kappa shape index (κ3) is 3.63. The number of benzene rings is 1. The monoisotopic (exact) mass is 302 g/mol. The molecule has 1 aliphatic rings. The van der Waals surface area contributed by atoms with Crippen LogP contribution in [0.5, 0.6) is 0 Å². The van der Waals surface area contributed by atoms with Crippen LogP contribution in [0, 0.1) is 5.82 Å². The zero-order valence-electron chi connectivity index (χ0n) is 11.6. The van der Waals surface area contributed by atoms with E-state index in [-0.39, 0.29) is 5.56 Å². The van der Waals surface area contributed by atoms with Crippen LogP contribution in [0.1, 0.15) is 23.6 Å². The molecule has 1 saturated heterocycles. The number of nitrogens with one attached hydrogen (secondary N) is 1. The van der Waals surface area contributed by atoms with E-state index in [2.05, 4.69) is 11.9 Å². The van der Waals surface area contributed by atoms with Crippen molar-refractivity contribution < 1.29 is 17.6 Å². The Hall–Kier alpha value is -1.40. The van der Waals surface area contributed by atoms with Gasteiger partial charge in [0.05, 0.1) is 5.56 Å². The molecule has 2 rings (SSSR count). The maximum absolute atomic E-state index is 13.7. The molecule has 1 fully saturated rings. The fourth-order valence-corrected chi connectivity index (χ4v) is 2.74. The van der Waals surface area contributed by atoms with Crippen molar-refractivity contribution >= 4 is 0 Å². The first-order valence-corrected chi connectivity index (χ1v) is 6.86. The van der Waals surface area contributed by atoms with Crippen LogP contribution in [0.25, 0.3) is 0 Å². The molecule has 0 bridgehead atoms. The molecule has 0 aliphatic carbocycles. The predicted octanol–water partition coefficient (Wildman–Crippen LogP) is 3.37. The summed E-state index contributed by atoms with van der Waals surface area (Å²) in [5, 5.41) is 3.16. The summed E-state index contributed by atoms with van der Waals surface area (Å²) in [7, 11) is 0. The van der Waals surface area contributed by atoms with Crippen LogP contribution in [0.15, 0.2) is 30.9 Å². The number of hydrogen-bond acceptors (Lipinski definition) is 2. The molecule has 0 unspecified atom stereocenters. The normalized spacial score (nSPS) is 18.5. The Morgan fingerprint density at radius 2 is 1.95 bits per heavy atom. The lowest BCUT2D eigenvalue weighted by Gasteiger charge is -2.36. The maximum Gasteiger partial charge on any atom is 0.419 e. The van der Waals surface area contributed by atoms with Crippen LogP contribution in [0.2, 0.25) is 0 Å². The topological polar surface area (TPSA) is 15.3 Å². The van der Waals surface area contributed by atoms with Crippen LogP contribution in [0.4, 0.5) is 17.6 Å². The van der Waals surface area contributed by atoms with E-state index >= 15 is 0 Å². The molecule has 116 valence electrons. The fourth-order valence-electron chi connectivity index (χ4n) is 2.74. The molecule has 1 atom stereocenters. The van der Waals surface area contributed by atoms with Crippen molar-refractivity contribution in [3.8, 4) is 0 Å². The minimum absolute atomic E-state index is 0.00991. The number of alkyl halides is 3. The minimum Gasteiger partial charge on any atom is -0.314 e. The van der Waals surface area contributed by atoms with E-state index in [4.69, 9.17) is 0 Å². The second-order valence-corrected chi connectivity index (χ2v) is 5.03. The van der Waals surface area contributed by atoms with Gasteiger partial charge in [0.25, 0.3) is 0 Å². The number of hydrogen-bond donors (Lipinski definition) is 1. The molecule has 0 amide bonds. The van der Waals surface area contributed by atoms with Gasteiger partial charge in [0.2, 0.25) is 0 Å². The number of nitrogens with zero attached hydrogens (tertiary/aromatic N) is 1. The molecule has 1 N–H and O–H groups in total. The van der Waals surface area contributed by atoms with Gasteiger partial charge in [-0.25, -0.2) is 4.39 Å². The van der Waals surface area contributed by atoms with Crippen molar-refractivity contribution in [2.45, 2.75) is 18.6 Å². The highest BCUT2D eigenvalue weighted by molar-refractivity contribution is 5.34. The standard InChI is InChI=1S/C15H18F4N2/c1-2-4-13(21-9-7-20-8-10-21)11-5-3-6-12(16)14(11)15(17,18)19/h2-3,5-6,13,20H,1,4,7-10H2/t13-/m1/s1. The van der Waals surface area contributed by atoms with Gasteiger partial charge >= 0.3 is 6.18 Å². The average Bonchev–Trinajstić information content (AvgIpc) is 2.44. The van der Waals surface area contributed by atoms with Crippen LogP contribution in [-0.4, -0.2) is 31.1 Å². The first kappa shape index (κ1) is 16.0. The summed E-state index contributed by atoms with van der Waals surface area (Å²) in [5.74, 6) is -1.22. The molecule has 1 aliphatic heterocycles. The summed E-state index contributed by atoms with van der Waals surface area (Å²) in [6, 6.07) is 3.05. The molecule has 2 nitrogen and oxygen atoms in total. The van der Waals surface area contributed by atoms with Crippen molar-refractivity contribution in [2.75, 3.05) is 26.2 Å². The van der Waals surface area contributed by atoms with Crippen molar-refractivity contribution in [3.63, 3.8) is 0 Å². The summed E-state index contributed by atoms with van der Waals surface area (Å²) >= 11 is 0. The number of halogens is 4. The van der Waals surface area contributed by atoms with Crippen molar-refractivity contribution in [3.05, 3.63) is 47.8 Å². The first-order valence-electron chi connectivity index (χ1n) is 6.86. The van der Waals surface area contributed by atoms with E-state index in [1.54, 1.807) is 6.08 Å². The Balaban J connectivity index is 2.44. The van der Waals surface area contributed by atoms with Gasteiger partial charge in [-0.3, -0.25) is 4.90 Å². The van der Waals surface area contributed by atoms with Gasteiger partial charge in [0, 0.05) is 32.2 Å². The summed E-state index contributed by atoms with van der Waals surface area (Å²) in [6.07, 6.45) is -2.77. The van der Waals surface area contributed by atoms with Crippen LogP contribution < -0.4 is 5.32 Å². The minimum atomic E-state index is -4.70. The summed E-state index contributed by atoms with van der Waals surface area (Å²) in [4.78, 5) is 1.95. The summed E-state index contributed by atoms with van der Waals surface area (Å²) < 4.78 is 53.3. The molecule has 0 radical (unpaired) electrons. The van der Waals surface area contributed by atoms with Gasteiger partial charge in [0.15, 0.2) is 0 Å². The smallest absolute Gasteiger partial charge is 0.314 e. The Morgan fingerprint density at radius 3 is 2.52 bits per heavy atom. The molecule has 0 spiro atoms. The van der Waals surface area contributed by atoms with E-state index in [0.29, 0.717) is 32.6 Å². The molecular formula is C15H18F4N2. The van der Waals surface area contributed by atoms with Crippen molar-refractivity contribution in [1.29, 1.82) is 0 Å². The molecule has 1 aromatic carbocycles. The van der Waals surface area contributed by atoms with Gasteiger partial charge in [-0.1, -0.05) is 18.2 Å². The average molecular weight is 302 g/mol. The van der Waals surface area contributed by atoms with E-state index in [0.717, 1.165) is 6.07 Å². The van der Waals surface area contributed by atoms with E-state index in [9.17, 15) is 17.6 Å². The van der Waals surface area contributed by atoms with Gasteiger partial charge in [-0.15, -0.1) is 6.58 Å². The lowest BCUT2D eigenvalue weighted by Crippen LogP contribution is -2.45. The largest absolute Gasteiger partial charge is 0.419 e. The molecule has 0 saturated carbocycles. The van der Waals surface area contributed by atoms with E-state index < -0.39 is 23.6 Å². The Morgan fingerprint density at radius 1 is 1.29 bits per heavy atom. The SMILES string of the molecule is C=CC[C@H](c1cccc(F)c1C(F)(F)F)N1CCNCC1. The van der Waals surface area contributed by atoms with Crippen LogP contribution in [-0.2, 0) is 6.18 Å². The second kappa shape index (κ2) is 6.58. The van der Waals surface area contributed by atoms with Crippen LogP contribution >= 0.6 is 0 Å². The highest BCUT2D eigenvalue weighted by atomic mass is 19.4. The number of piperazine rings is 1. The molecule has 1 aromatic rings. The highest BCUT2D eigenvalue weighted by Gasteiger charge is 2.39. The maximum atomic E-state index is 13.7. The Labute approximate surface area is 121 Å². The van der Waals surface area contributed by atoms with E-state index in [1.807, 2.05) is 4.90 Å². The van der Waals surface area contributed by atoms with Crippen LogP contribution in [0.3, 0.4) is 0 Å². The quantitative estimate of drug-likeness (QED) is 0.677. The lowest BCUT2D eigenvalue weighted by molar-refractivity contribution is -0.141. The fraction of sp³-hybridized carbons (Fsp3) is 0.467. The zero-order valence-corrected chi connectivity index (χ0v) is 11.6. The molecule has 21 heavy (non-hydrogen) atoms. The molecule has 1 heterocycles. The number of rotatable bonds is 4. The van der Waals surface area contributed by atoms with Gasteiger partial charge in [0.1, 0.15) is 5.82 Å². The predicted molar refractivity (Wildman–Crippen MR) is 73.4 cm³/mol. The molecular weight excluding hydrogens is 284 g/mol. The highest BCUT2D eigenvalue weighted by Crippen LogP contribution is 2.39. The third-order valence-corrected chi connectivity index (χ3v) is 3.67. The van der Waals surface area contributed by atoms with Crippen molar-refractivity contribution in [1.82, 2.24) is 10.2 Å². The van der Waals surface area contributed by atoms with Crippen molar-refractivity contribution in [2.24, 2.45) is 0 Å². The van der Waals surface area contributed by atoms with Gasteiger partial charge in [-0.2, -0.15) is 13.2 Å². The Bertz CT molecular complexity index is 493. The molecule has 0 aromatic heterocycles. The second-order valence-electron chi connectivity index (χ2n) is 5.03. The van der Waals surface area contributed by atoms with Gasteiger partial charge in [-0.05, 0) is 18.1 Å². The summed E-state index contributed by atoms with van der Waals surface area (Å²) in [6.45, 7) is 6.31. The van der Waals surface area contributed by atoms with Gasteiger partial charge < -0.3 is 5.32 Å². The first-order chi connectivity index (χ1) is 9.95.